The van der Waals surface area contributed by atoms with Gasteiger partial charge >= 0.3 is 6.03 Å². The normalized spacial score (nSPS) is 16.0. The van der Waals surface area contributed by atoms with Crippen LogP contribution in [0.2, 0.25) is 5.02 Å². The fraction of sp³-hybridized carbons (Fsp3) is 0.320. The van der Waals surface area contributed by atoms with Crippen LogP contribution >= 0.6 is 11.6 Å². The summed E-state index contributed by atoms with van der Waals surface area (Å²) >= 11 is 6.02. The monoisotopic (exact) mass is 465 g/mol. The van der Waals surface area contributed by atoms with E-state index in [0.717, 1.165) is 48.3 Å². The van der Waals surface area contributed by atoms with E-state index in [0.29, 0.717) is 17.1 Å². The zero-order valence-corrected chi connectivity index (χ0v) is 19.6. The molecule has 1 atom stereocenters. The summed E-state index contributed by atoms with van der Waals surface area (Å²) in [6.07, 6.45) is 0.900. The number of likely N-dealkylation sites (tertiary alicyclic amines) is 1. The van der Waals surface area contributed by atoms with Gasteiger partial charge in [-0.05, 0) is 43.7 Å². The van der Waals surface area contributed by atoms with Crippen molar-refractivity contribution in [2.24, 2.45) is 0 Å². The third-order valence-electron chi connectivity index (χ3n) is 5.99. The number of amides is 3. The largest absolute Gasteiger partial charge is 0.337 e. The Labute approximate surface area is 198 Å². The molecule has 1 aliphatic heterocycles. The molecule has 4 rings (SSSR count). The number of anilines is 1. The van der Waals surface area contributed by atoms with Crippen molar-refractivity contribution in [2.75, 3.05) is 38.5 Å². The Kier molecular flexibility index (Phi) is 7.11. The number of hydrogen-bond acceptors (Lipinski definition) is 4. The lowest BCUT2D eigenvalue weighted by Crippen LogP contribution is -2.40. The van der Waals surface area contributed by atoms with Crippen molar-refractivity contribution in [3.63, 3.8) is 0 Å². The van der Waals surface area contributed by atoms with Crippen LogP contribution < -0.4 is 10.6 Å². The molecule has 33 heavy (non-hydrogen) atoms. The van der Waals surface area contributed by atoms with Crippen LogP contribution in [0.25, 0.3) is 10.9 Å². The second kappa shape index (κ2) is 10.2. The summed E-state index contributed by atoms with van der Waals surface area (Å²) in [5.74, 6) is -0.0262. The summed E-state index contributed by atoms with van der Waals surface area (Å²) in [6.45, 7) is 4.81. The number of halogens is 1. The van der Waals surface area contributed by atoms with Crippen LogP contribution in [0.1, 0.15) is 22.5 Å². The van der Waals surface area contributed by atoms with Crippen molar-refractivity contribution >= 4 is 40.1 Å². The molecule has 0 saturated carbocycles. The minimum Gasteiger partial charge on any atom is -0.337 e. The number of likely N-dealkylation sites (N-methyl/N-ethyl adjacent to an activating group) is 1. The third kappa shape index (κ3) is 5.61. The molecular formula is C25H28ClN5O2. The molecular weight excluding hydrogens is 438 g/mol. The van der Waals surface area contributed by atoms with Crippen LogP contribution in [0.4, 0.5) is 10.5 Å². The van der Waals surface area contributed by atoms with Crippen molar-refractivity contribution in [1.82, 2.24) is 20.1 Å². The molecule has 0 aliphatic carbocycles. The number of benzene rings is 2. The van der Waals surface area contributed by atoms with Crippen molar-refractivity contribution in [2.45, 2.75) is 19.4 Å². The van der Waals surface area contributed by atoms with Gasteiger partial charge < -0.3 is 15.5 Å². The number of carbonyl (C=O) groups is 2. The number of carbonyl (C=O) groups excluding carboxylic acids is 2. The zero-order valence-electron chi connectivity index (χ0n) is 18.8. The van der Waals surface area contributed by atoms with Gasteiger partial charge in [0.25, 0.3) is 5.91 Å². The highest BCUT2D eigenvalue weighted by atomic mass is 35.5. The maximum Gasteiger partial charge on any atom is 0.319 e. The topological polar surface area (TPSA) is 77.6 Å². The Bertz CT molecular complexity index is 1170. The first-order chi connectivity index (χ1) is 15.9. The predicted molar refractivity (Wildman–Crippen MR) is 132 cm³/mol. The molecule has 1 aliphatic rings. The van der Waals surface area contributed by atoms with Gasteiger partial charge in [-0.1, -0.05) is 35.9 Å². The molecule has 2 N–H and O–H groups in total. The predicted octanol–water partition coefficient (Wildman–Crippen LogP) is 4.16. The minimum atomic E-state index is -0.241. The Morgan fingerprint density at radius 1 is 1.18 bits per heavy atom. The van der Waals surface area contributed by atoms with Gasteiger partial charge in [-0.2, -0.15) is 0 Å². The van der Waals surface area contributed by atoms with Crippen molar-refractivity contribution in [3.8, 4) is 0 Å². The van der Waals surface area contributed by atoms with Crippen LogP contribution in [0.3, 0.4) is 0 Å². The highest BCUT2D eigenvalue weighted by Crippen LogP contribution is 2.23. The van der Waals surface area contributed by atoms with E-state index in [1.54, 1.807) is 29.2 Å². The summed E-state index contributed by atoms with van der Waals surface area (Å²) in [6, 6.07) is 16.5. The van der Waals surface area contributed by atoms with Crippen molar-refractivity contribution in [1.29, 1.82) is 0 Å². The number of rotatable bonds is 6. The standard InChI is InChI=1S/C25H28ClN5O2/c1-17-14-23(21-8-3-4-9-22(21)28-17)29-25(33)27-11-13-31-12-10-20(16-31)30(2)24(32)18-6-5-7-19(26)15-18/h3-9,14-15,20H,10-13,16H2,1-2H3,(H2,27,28,29,33). The Hall–Kier alpha value is -3.16. The second-order valence-electron chi connectivity index (χ2n) is 8.38. The summed E-state index contributed by atoms with van der Waals surface area (Å²) in [4.78, 5) is 33.8. The van der Waals surface area contributed by atoms with Gasteiger partial charge in [0.15, 0.2) is 0 Å². The lowest BCUT2D eigenvalue weighted by atomic mass is 10.1. The number of pyridine rings is 1. The maximum atomic E-state index is 12.8. The summed E-state index contributed by atoms with van der Waals surface area (Å²) < 4.78 is 0. The lowest BCUT2D eigenvalue weighted by molar-refractivity contribution is 0.0735. The first-order valence-electron chi connectivity index (χ1n) is 11.1. The highest BCUT2D eigenvalue weighted by molar-refractivity contribution is 6.30. The maximum absolute atomic E-state index is 12.8. The highest BCUT2D eigenvalue weighted by Gasteiger charge is 2.28. The van der Waals surface area contributed by atoms with E-state index in [9.17, 15) is 9.59 Å². The van der Waals surface area contributed by atoms with E-state index in [1.807, 2.05) is 44.3 Å². The van der Waals surface area contributed by atoms with Gasteiger partial charge in [0.2, 0.25) is 0 Å². The number of aryl methyl sites for hydroxylation is 1. The minimum absolute atomic E-state index is 0.0262. The summed E-state index contributed by atoms with van der Waals surface area (Å²) in [5, 5.41) is 7.34. The smallest absolute Gasteiger partial charge is 0.319 e. The number of para-hydroxylation sites is 1. The first kappa shape index (κ1) is 23.0. The van der Waals surface area contributed by atoms with Crippen molar-refractivity contribution in [3.05, 3.63) is 70.9 Å². The SMILES string of the molecule is Cc1cc(NC(=O)NCCN2CCC(N(C)C(=O)c3cccc(Cl)c3)C2)c2ccccc2n1. The average molecular weight is 466 g/mol. The number of fused-ring (bicyclic) bond motifs is 1. The number of aromatic nitrogens is 1. The van der Waals surface area contributed by atoms with Crippen LogP contribution in [-0.4, -0.2) is 66.0 Å². The molecule has 1 saturated heterocycles. The van der Waals surface area contributed by atoms with Crippen LogP contribution in [0.15, 0.2) is 54.6 Å². The van der Waals surface area contributed by atoms with Gasteiger partial charge in [-0.25, -0.2) is 4.79 Å². The molecule has 1 aromatic heterocycles. The van der Waals surface area contributed by atoms with Gasteiger partial charge in [0.1, 0.15) is 0 Å². The van der Waals surface area contributed by atoms with E-state index in [-0.39, 0.29) is 18.0 Å². The molecule has 1 unspecified atom stereocenters. The molecule has 8 heteroatoms. The molecule has 1 fully saturated rings. The molecule has 3 amide bonds. The number of urea groups is 1. The summed E-state index contributed by atoms with van der Waals surface area (Å²) in [5.41, 5.74) is 3.05. The van der Waals surface area contributed by atoms with Gasteiger partial charge in [-0.3, -0.25) is 14.7 Å². The van der Waals surface area contributed by atoms with E-state index >= 15 is 0 Å². The van der Waals surface area contributed by atoms with Gasteiger partial charge in [0.05, 0.1) is 11.2 Å². The number of hydrogen-bond donors (Lipinski definition) is 2. The second-order valence-corrected chi connectivity index (χ2v) is 8.82. The molecule has 0 spiro atoms. The van der Waals surface area contributed by atoms with Crippen LogP contribution in [0, 0.1) is 6.92 Å². The third-order valence-corrected chi connectivity index (χ3v) is 6.23. The quantitative estimate of drug-likeness (QED) is 0.573. The fourth-order valence-electron chi connectivity index (χ4n) is 4.23. The molecule has 172 valence electrons. The van der Waals surface area contributed by atoms with Gasteiger partial charge in [0, 0.05) is 60.9 Å². The molecule has 3 aromatic rings. The van der Waals surface area contributed by atoms with E-state index in [1.165, 1.54) is 0 Å². The first-order valence-corrected chi connectivity index (χ1v) is 11.4. The van der Waals surface area contributed by atoms with E-state index in [4.69, 9.17) is 11.6 Å². The molecule has 0 radical (unpaired) electrons. The Morgan fingerprint density at radius 2 is 2.00 bits per heavy atom. The zero-order chi connectivity index (χ0) is 23.4. The van der Waals surface area contributed by atoms with Crippen LogP contribution in [-0.2, 0) is 0 Å². The van der Waals surface area contributed by atoms with E-state index < -0.39 is 0 Å². The molecule has 7 nitrogen and oxygen atoms in total. The number of nitrogens with zero attached hydrogens (tertiary/aromatic N) is 3. The number of nitrogens with one attached hydrogen (secondary N) is 2. The lowest BCUT2D eigenvalue weighted by Gasteiger charge is -2.25. The molecule has 0 bridgehead atoms. The fourth-order valence-corrected chi connectivity index (χ4v) is 4.42. The average Bonchev–Trinajstić information content (AvgIpc) is 3.27. The Morgan fingerprint density at radius 3 is 2.82 bits per heavy atom. The van der Waals surface area contributed by atoms with Gasteiger partial charge in [-0.15, -0.1) is 0 Å². The van der Waals surface area contributed by atoms with Crippen LogP contribution in [0.5, 0.6) is 0 Å². The van der Waals surface area contributed by atoms with Crippen molar-refractivity contribution < 1.29 is 9.59 Å². The molecule has 2 aromatic carbocycles. The Balaban J connectivity index is 1.25. The van der Waals surface area contributed by atoms with E-state index in [2.05, 4.69) is 20.5 Å². The molecule has 2 heterocycles. The summed E-state index contributed by atoms with van der Waals surface area (Å²) in [7, 11) is 1.84.